The molecule has 0 bridgehead atoms. The van der Waals surface area contributed by atoms with E-state index < -0.39 is 35.9 Å². The van der Waals surface area contributed by atoms with E-state index >= 15 is 8.78 Å². The Hall–Kier alpha value is -2.91. The Labute approximate surface area is 197 Å². The number of hydrogen-bond donors (Lipinski definition) is 0. The summed E-state index contributed by atoms with van der Waals surface area (Å²) < 4.78 is 41.5. The second kappa shape index (κ2) is 10.6. The number of hydrogen-bond acceptors (Lipinski definition) is 7. The van der Waals surface area contributed by atoms with Crippen molar-refractivity contribution in [3.05, 3.63) is 41.8 Å². The lowest BCUT2D eigenvalue weighted by Gasteiger charge is -2.36. The summed E-state index contributed by atoms with van der Waals surface area (Å²) in [5.41, 5.74) is 1.01. The molecule has 2 aliphatic rings. The van der Waals surface area contributed by atoms with Gasteiger partial charge in [0, 0.05) is 38.2 Å². The van der Waals surface area contributed by atoms with E-state index in [2.05, 4.69) is 15.1 Å². The Morgan fingerprint density at radius 2 is 2.00 bits per heavy atom. The molecule has 1 aliphatic heterocycles. The molecule has 184 valence electrons. The lowest BCUT2D eigenvalue weighted by molar-refractivity contribution is -0.197. The van der Waals surface area contributed by atoms with Crippen molar-refractivity contribution in [1.29, 1.82) is 0 Å². The van der Waals surface area contributed by atoms with Gasteiger partial charge in [-0.3, -0.25) is 14.6 Å². The van der Waals surface area contributed by atoms with Crippen molar-refractivity contribution < 1.29 is 27.6 Å². The van der Waals surface area contributed by atoms with Gasteiger partial charge in [0.05, 0.1) is 6.04 Å². The zero-order valence-electron chi connectivity index (χ0n) is 19.3. The van der Waals surface area contributed by atoms with Gasteiger partial charge < -0.3 is 14.2 Å². The normalized spacial score (nSPS) is 20.3. The van der Waals surface area contributed by atoms with Gasteiger partial charge in [0.15, 0.2) is 11.9 Å². The number of amides is 1. The fourth-order valence-electron chi connectivity index (χ4n) is 4.98. The number of nitrogens with zero attached hydrogens (tertiary/aromatic N) is 4. The molecule has 1 aliphatic carbocycles. The van der Waals surface area contributed by atoms with E-state index in [1.54, 1.807) is 12.4 Å². The van der Waals surface area contributed by atoms with Crippen LogP contribution in [0.5, 0.6) is 0 Å². The molecule has 0 radical (unpaired) electrons. The van der Waals surface area contributed by atoms with E-state index in [4.69, 9.17) is 9.26 Å². The molecule has 0 N–H and O–H groups in total. The van der Waals surface area contributed by atoms with Crippen molar-refractivity contribution in [3.63, 3.8) is 0 Å². The zero-order chi connectivity index (χ0) is 24.1. The monoisotopic (exact) mass is 476 g/mol. The molecule has 0 spiro atoms. The summed E-state index contributed by atoms with van der Waals surface area (Å²) in [6.45, 7) is 1.26. The highest BCUT2D eigenvalue weighted by molar-refractivity contribution is 5.85. The van der Waals surface area contributed by atoms with E-state index in [1.165, 1.54) is 0 Å². The Morgan fingerprint density at radius 3 is 2.71 bits per heavy atom. The number of alkyl halides is 2. The third kappa shape index (κ3) is 5.42. The third-order valence-corrected chi connectivity index (χ3v) is 6.66. The smallest absolute Gasteiger partial charge is 0.360 e. The van der Waals surface area contributed by atoms with Crippen LogP contribution in [0.15, 0.2) is 29.0 Å². The van der Waals surface area contributed by atoms with Crippen LogP contribution < -0.4 is 0 Å². The van der Waals surface area contributed by atoms with Crippen LogP contribution in [-0.2, 0) is 27.2 Å². The minimum atomic E-state index is -3.83. The maximum absolute atomic E-state index is 15.5. The summed E-state index contributed by atoms with van der Waals surface area (Å²) in [6, 6.07) is 3.08. The number of ether oxygens (including phenoxy) is 1. The summed E-state index contributed by atoms with van der Waals surface area (Å²) in [7, 11) is 0. The average molecular weight is 477 g/mol. The number of carbonyl (C=O) groups is 2. The highest BCUT2D eigenvalue weighted by atomic mass is 19.3. The van der Waals surface area contributed by atoms with E-state index in [1.807, 2.05) is 12.1 Å². The summed E-state index contributed by atoms with van der Waals surface area (Å²) in [5.74, 6) is -5.91. The molecule has 34 heavy (non-hydrogen) atoms. The van der Waals surface area contributed by atoms with Gasteiger partial charge in [-0.1, -0.05) is 30.5 Å². The van der Waals surface area contributed by atoms with Crippen molar-refractivity contribution >= 4 is 11.9 Å². The Morgan fingerprint density at radius 1 is 1.21 bits per heavy atom. The SMILES string of the molecule is CC(=O)OC(C1CCCCC1)C(F)(F)C(=O)N1CCC[C@H]1c1noc(CCc2cccnc2)n1. The summed E-state index contributed by atoms with van der Waals surface area (Å²) >= 11 is 0. The van der Waals surface area contributed by atoms with Gasteiger partial charge in [-0.05, 0) is 43.7 Å². The van der Waals surface area contributed by atoms with Crippen molar-refractivity contribution in [1.82, 2.24) is 20.0 Å². The van der Waals surface area contributed by atoms with Crippen LogP contribution in [0.1, 0.15) is 75.2 Å². The summed E-state index contributed by atoms with van der Waals surface area (Å²) in [4.78, 5) is 34.3. The van der Waals surface area contributed by atoms with Gasteiger partial charge in [0.2, 0.25) is 5.89 Å². The third-order valence-electron chi connectivity index (χ3n) is 6.66. The minimum absolute atomic E-state index is 0.163. The lowest BCUT2D eigenvalue weighted by Crippen LogP contribution is -2.54. The van der Waals surface area contributed by atoms with Crippen molar-refractivity contribution in [2.75, 3.05) is 6.54 Å². The van der Waals surface area contributed by atoms with Crippen LogP contribution in [0.4, 0.5) is 8.78 Å². The number of aryl methyl sites for hydroxylation is 2. The second-order valence-electron chi connectivity index (χ2n) is 9.12. The number of pyridine rings is 1. The molecule has 4 rings (SSSR count). The quantitative estimate of drug-likeness (QED) is 0.530. The molecule has 2 atom stereocenters. The standard InChI is InChI=1S/C24H30F2N4O4/c1-16(31)33-21(18-8-3-2-4-9-18)24(25,26)23(32)30-14-6-10-19(30)22-28-20(34-29-22)12-11-17-7-5-13-27-15-17/h5,7,13,15,18-19,21H,2-4,6,8-12,14H2,1H3/t19-,21?/m0/s1. The van der Waals surface area contributed by atoms with E-state index in [0.717, 1.165) is 36.6 Å². The van der Waals surface area contributed by atoms with Crippen LogP contribution in [0, 0.1) is 5.92 Å². The fraction of sp³-hybridized carbons (Fsp3) is 0.625. The molecular weight excluding hydrogens is 446 g/mol. The first-order chi connectivity index (χ1) is 16.4. The van der Waals surface area contributed by atoms with Gasteiger partial charge in [0.1, 0.15) is 0 Å². The predicted octanol–water partition coefficient (Wildman–Crippen LogP) is 4.06. The highest BCUT2D eigenvalue weighted by Crippen LogP contribution is 2.40. The number of esters is 1. The number of aromatic nitrogens is 3. The molecule has 3 heterocycles. The Bertz CT molecular complexity index is 978. The minimum Gasteiger partial charge on any atom is -0.455 e. The average Bonchev–Trinajstić information content (AvgIpc) is 3.51. The number of carbonyl (C=O) groups excluding carboxylic acids is 2. The molecule has 2 fully saturated rings. The first kappa shape index (κ1) is 24.2. The first-order valence-corrected chi connectivity index (χ1v) is 11.9. The molecule has 8 nitrogen and oxygen atoms in total. The molecule has 2 aromatic heterocycles. The van der Waals surface area contributed by atoms with Crippen LogP contribution in [0.2, 0.25) is 0 Å². The van der Waals surface area contributed by atoms with Gasteiger partial charge in [-0.2, -0.15) is 13.8 Å². The van der Waals surface area contributed by atoms with Crippen molar-refractivity contribution in [3.8, 4) is 0 Å². The molecule has 0 aromatic carbocycles. The molecule has 1 amide bonds. The highest BCUT2D eigenvalue weighted by Gasteiger charge is 2.56. The molecule has 1 saturated carbocycles. The van der Waals surface area contributed by atoms with Gasteiger partial charge in [-0.15, -0.1) is 0 Å². The first-order valence-electron chi connectivity index (χ1n) is 11.9. The summed E-state index contributed by atoms with van der Waals surface area (Å²) in [6.07, 6.45) is 7.35. The fourth-order valence-corrected chi connectivity index (χ4v) is 4.98. The largest absolute Gasteiger partial charge is 0.455 e. The van der Waals surface area contributed by atoms with Crippen molar-refractivity contribution in [2.24, 2.45) is 5.92 Å². The predicted molar refractivity (Wildman–Crippen MR) is 117 cm³/mol. The maximum Gasteiger partial charge on any atom is 0.360 e. The molecule has 1 saturated heterocycles. The Kier molecular flexibility index (Phi) is 7.53. The molecule has 2 aromatic rings. The van der Waals surface area contributed by atoms with E-state index in [0.29, 0.717) is 44.4 Å². The van der Waals surface area contributed by atoms with Gasteiger partial charge in [-0.25, -0.2) is 0 Å². The van der Waals surface area contributed by atoms with Crippen LogP contribution in [0.25, 0.3) is 0 Å². The van der Waals surface area contributed by atoms with Crippen molar-refractivity contribution in [2.45, 2.75) is 82.8 Å². The van der Waals surface area contributed by atoms with E-state index in [9.17, 15) is 9.59 Å². The zero-order valence-corrected chi connectivity index (χ0v) is 19.3. The molecular formula is C24H30F2N4O4. The van der Waals surface area contributed by atoms with Crippen LogP contribution in [0.3, 0.4) is 0 Å². The van der Waals surface area contributed by atoms with Crippen LogP contribution in [-0.4, -0.2) is 50.5 Å². The lowest BCUT2D eigenvalue weighted by atomic mass is 9.82. The maximum atomic E-state index is 15.5. The van der Waals surface area contributed by atoms with Crippen LogP contribution >= 0.6 is 0 Å². The van der Waals surface area contributed by atoms with E-state index in [-0.39, 0.29) is 12.4 Å². The molecule has 1 unspecified atom stereocenters. The molecule has 10 heteroatoms. The van der Waals surface area contributed by atoms with Gasteiger partial charge in [0.25, 0.3) is 5.91 Å². The summed E-state index contributed by atoms with van der Waals surface area (Å²) in [5, 5.41) is 3.98. The number of likely N-dealkylation sites (tertiary alicyclic amines) is 1. The number of halogens is 2. The number of rotatable bonds is 8. The van der Waals surface area contributed by atoms with Gasteiger partial charge >= 0.3 is 11.9 Å². The topological polar surface area (TPSA) is 98.4 Å². The second-order valence-corrected chi connectivity index (χ2v) is 9.12. The Balaban J connectivity index is 1.47.